The number of nitrogens with zero attached hydrogens (tertiary/aromatic N) is 3. The largest absolute Gasteiger partial charge is 0.497 e. The van der Waals surface area contributed by atoms with Gasteiger partial charge in [-0.25, -0.2) is 4.98 Å². The number of nitrogens with one attached hydrogen (secondary N) is 1. The molecule has 28 heavy (non-hydrogen) atoms. The van der Waals surface area contributed by atoms with E-state index in [0.29, 0.717) is 25.2 Å². The summed E-state index contributed by atoms with van der Waals surface area (Å²) in [6.45, 7) is 1.61. The second-order valence-electron chi connectivity index (χ2n) is 7.53. The molecule has 0 bridgehead atoms. The van der Waals surface area contributed by atoms with E-state index < -0.39 is 0 Å². The van der Waals surface area contributed by atoms with Crippen LogP contribution >= 0.6 is 0 Å². The Balaban J connectivity index is 1.43. The maximum Gasteiger partial charge on any atom is 0.254 e. The molecule has 1 aromatic carbocycles. The lowest BCUT2D eigenvalue weighted by atomic mass is 9.85. The zero-order chi connectivity index (χ0) is 19.7. The monoisotopic (exact) mass is 382 g/mol. The molecule has 2 amide bonds. The number of imidazole rings is 1. The van der Waals surface area contributed by atoms with Gasteiger partial charge in [0.2, 0.25) is 5.91 Å². The van der Waals surface area contributed by atoms with Crippen molar-refractivity contribution in [1.29, 1.82) is 0 Å². The van der Waals surface area contributed by atoms with Crippen LogP contribution in [0.5, 0.6) is 5.75 Å². The van der Waals surface area contributed by atoms with Gasteiger partial charge in [0.15, 0.2) is 0 Å². The summed E-state index contributed by atoms with van der Waals surface area (Å²) in [4.78, 5) is 31.5. The van der Waals surface area contributed by atoms with Gasteiger partial charge >= 0.3 is 0 Å². The maximum atomic E-state index is 12.9. The van der Waals surface area contributed by atoms with Crippen molar-refractivity contribution < 1.29 is 14.3 Å². The Morgan fingerprint density at radius 3 is 2.64 bits per heavy atom. The first-order chi connectivity index (χ1) is 13.6. The lowest BCUT2D eigenvalue weighted by molar-refractivity contribution is -0.127. The number of carbonyl (C=O) groups excluding carboxylic acids is 2. The van der Waals surface area contributed by atoms with Crippen LogP contribution in [0.4, 0.5) is 0 Å². The summed E-state index contributed by atoms with van der Waals surface area (Å²) in [7, 11) is 3.57. The molecule has 2 aliphatic rings. The summed E-state index contributed by atoms with van der Waals surface area (Å²) >= 11 is 0. The number of aromatic nitrogens is 2. The Labute approximate surface area is 164 Å². The number of benzene rings is 1. The number of carbonyl (C=O) groups is 2. The zero-order valence-corrected chi connectivity index (χ0v) is 16.4. The van der Waals surface area contributed by atoms with Gasteiger partial charge in [-0.3, -0.25) is 9.59 Å². The van der Waals surface area contributed by atoms with E-state index >= 15 is 0 Å². The van der Waals surface area contributed by atoms with Crippen molar-refractivity contribution in [3.05, 3.63) is 47.0 Å². The van der Waals surface area contributed by atoms with E-state index in [2.05, 4.69) is 5.32 Å². The molecule has 148 valence electrons. The summed E-state index contributed by atoms with van der Waals surface area (Å²) in [6.07, 6.45) is 3.85. The Morgan fingerprint density at radius 1 is 1.25 bits per heavy atom. The van der Waals surface area contributed by atoms with Crippen LogP contribution in [0.25, 0.3) is 0 Å². The van der Waals surface area contributed by atoms with Gasteiger partial charge in [-0.05, 0) is 37.1 Å². The number of hydrogen-bond donors (Lipinski definition) is 1. The lowest BCUT2D eigenvalue weighted by Gasteiger charge is -2.27. The van der Waals surface area contributed by atoms with Crippen molar-refractivity contribution >= 4 is 11.8 Å². The molecular weight excluding hydrogens is 356 g/mol. The van der Waals surface area contributed by atoms with Crippen molar-refractivity contribution in [1.82, 2.24) is 19.8 Å². The minimum atomic E-state index is 0.00865. The predicted molar refractivity (Wildman–Crippen MR) is 104 cm³/mol. The van der Waals surface area contributed by atoms with Crippen LogP contribution in [-0.4, -0.2) is 39.9 Å². The molecule has 1 aliphatic carbocycles. The first-order valence-corrected chi connectivity index (χ1v) is 9.81. The molecule has 1 N–H and O–H groups in total. The Bertz CT molecular complexity index is 884. The van der Waals surface area contributed by atoms with Gasteiger partial charge in [0, 0.05) is 31.5 Å². The standard InChI is InChI=1S/C21H26N4O3/c1-24-18-13-25(21(27)15-6-8-16(28-2)9-7-15)11-10-17(18)23-19(24)12-22-20(26)14-4-3-5-14/h6-9,14H,3-5,10-13H2,1-2H3,(H,22,26). The van der Waals surface area contributed by atoms with E-state index in [0.717, 1.165) is 48.6 Å². The van der Waals surface area contributed by atoms with Crippen LogP contribution in [-0.2, 0) is 31.4 Å². The van der Waals surface area contributed by atoms with Crippen molar-refractivity contribution in [2.45, 2.75) is 38.8 Å². The normalized spacial score (nSPS) is 16.3. The van der Waals surface area contributed by atoms with E-state index in [9.17, 15) is 9.59 Å². The second kappa shape index (κ2) is 7.66. The number of rotatable bonds is 5. The van der Waals surface area contributed by atoms with Crippen molar-refractivity contribution in [2.75, 3.05) is 13.7 Å². The van der Waals surface area contributed by atoms with Gasteiger partial charge in [-0.1, -0.05) is 6.42 Å². The molecule has 2 aromatic rings. The van der Waals surface area contributed by atoms with Gasteiger partial charge in [-0.2, -0.15) is 0 Å². The van der Waals surface area contributed by atoms with Gasteiger partial charge in [0.1, 0.15) is 11.6 Å². The Morgan fingerprint density at radius 2 is 2.00 bits per heavy atom. The van der Waals surface area contributed by atoms with Crippen LogP contribution in [0.15, 0.2) is 24.3 Å². The molecule has 1 saturated carbocycles. The van der Waals surface area contributed by atoms with Gasteiger partial charge in [0.25, 0.3) is 5.91 Å². The van der Waals surface area contributed by atoms with E-state index in [1.165, 1.54) is 0 Å². The van der Waals surface area contributed by atoms with Gasteiger partial charge in [0.05, 0.1) is 31.6 Å². The summed E-state index contributed by atoms with van der Waals surface area (Å²) in [5.41, 5.74) is 2.72. The van der Waals surface area contributed by atoms with E-state index in [1.54, 1.807) is 31.4 Å². The summed E-state index contributed by atoms with van der Waals surface area (Å²) in [5, 5.41) is 3.01. The summed E-state index contributed by atoms with van der Waals surface area (Å²) in [5.74, 6) is 1.89. The second-order valence-corrected chi connectivity index (χ2v) is 7.53. The third-order valence-electron chi connectivity index (χ3n) is 5.87. The number of ether oxygens (including phenoxy) is 1. The van der Waals surface area contributed by atoms with Crippen molar-refractivity contribution in [2.24, 2.45) is 13.0 Å². The molecule has 7 nitrogen and oxygen atoms in total. The predicted octanol–water partition coefficient (Wildman–Crippen LogP) is 2.04. The molecule has 1 fully saturated rings. The molecule has 0 saturated heterocycles. The fourth-order valence-corrected chi connectivity index (χ4v) is 3.77. The Hall–Kier alpha value is -2.83. The highest BCUT2D eigenvalue weighted by molar-refractivity contribution is 5.94. The average molecular weight is 382 g/mol. The van der Waals surface area contributed by atoms with E-state index in [4.69, 9.17) is 9.72 Å². The first kappa shape index (κ1) is 18.5. The molecule has 1 aromatic heterocycles. The molecule has 1 aliphatic heterocycles. The highest BCUT2D eigenvalue weighted by Gasteiger charge is 2.28. The fraction of sp³-hybridized carbons (Fsp3) is 0.476. The highest BCUT2D eigenvalue weighted by atomic mass is 16.5. The van der Waals surface area contributed by atoms with Crippen LogP contribution in [0.3, 0.4) is 0 Å². The molecule has 7 heteroatoms. The highest BCUT2D eigenvalue weighted by Crippen LogP contribution is 2.26. The molecule has 4 rings (SSSR count). The van der Waals surface area contributed by atoms with Crippen LogP contribution in [0.2, 0.25) is 0 Å². The maximum absolute atomic E-state index is 12.9. The number of hydrogen-bond acceptors (Lipinski definition) is 4. The van der Waals surface area contributed by atoms with Crippen molar-refractivity contribution in [3.8, 4) is 5.75 Å². The lowest BCUT2D eigenvalue weighted by Crippen LogP contribution is -2.36. The quantitative estimate of drug-likeness (QED) is 0.859. The molecule has 0 atom stereocenters. The minimum absolute atomic E-state index is 0.00865. The molecular formula is C21H26N4O3. The van der Waals surface area contributed by atoms with Gasteiger partial charge < -0.3 is 19.5 Å². The molecule has 0 unspecified atom stereocenters. The third kappa shape index (κ3) is 3.48. The van der Waals surface area contributed by atoms with Crippen molar-refractivity contribution in [3.63, 3.8) is 0 Å². The number of fused-ring (bicyclic) bond motifs is 1. The molecule has 0 radical (unpaired) electrons. The van der Waals surface area contributed by atoms with E-state index in [1.807, 2.05) is 16.5 Å². The van der Waals surface area contributed by atoms with Gasteiger partial charge in [-0.15, -0.1) is 0 Å². The summed E-state index contributed by atoms with van der Waals surface area (Å²) < 4.78 is 7.18. The smallest absolute Gasteiger partial charge is 0.254 e. The number of amides is 2. The minimum Gasteiger partial charge on any atom is -0.497 e. The summed E-state index contributed by atoms with van der Waals surface area (Å²) in [6, 6.07) is 7.19. The fourth-order valence-electron chi connectivity index (χ4n) is 3.77. The van der Waals surface area contributed by atoms with E-state index in [-0.39, 0.29) is 17.7 Å². The van der Waals surface area contributed by atoms with Crippen LogP contribution < -0.4 is 10.1 Å². The number of methoxy groups -OCH3 is 1. The topological polar surface area (TPSA) is 76.5 Å². The average Bonchev–Trinajstić information content (AvgIpc) is 3.00. The SMILES string of the molecule is COc1ccc(C(=O)N2CCc3nc(CNC(=O)C4CCC4)n(C)c3C2)cc1. The van der Waals surface area contributed by atoms with Crippen LogP contribution in [0.1, 0.15) is 46.8 Å². The zero-order valence-electron chi connectivity index (χ0n) is 16.4. The van der Waals surface area contributed by atoms with Crippen LogP contribution in [0, 0.1) is 5.92 Å². The Kier molecular flexibility index (Phi) is 5.07. The molecule has 2 heterocycles. The first-order valence-electron chi connectivity index (χ1n) is 9.81. The molecule has 0 spiro atoms. The third-order valence-corrected chi connectivity index (χ3v) is 5.87.